The number of benzene rings is 1. The lowest BCUT2D eigenvalue weighted by molar-refractivity contribution is -0.142. The van der Waals surface area contributed by atoms with Gasteiger partial charge in [-0.25, -0.2) is 4.79 Å². The average Bonchev–Trinajstić information content (AvgIpc) is 3.16. The smallest absolute Gasteiger partial charge is 0.328 e. The van der Waals surface area contributed by atoms with Crippen molar-refractivity contribution in [1.29, 1.82) is 0 Å². The minimum absolute atomic E-state index is 0.332. The van der Waals surface area contributed by atoms with E-state index in [-0.39, 0.29) is 5.91 Å². The molecule has 6 heteroatoms. The molecule has 1 unspecified atom stereocenters. The highest BCUT2D eigenvalue weighted by Gasteiger charge is 2.25. The summed E-state index contributed by atoms with van der Waals surface area (Å²) in [6, 6.07) is 8.68. The molecule has 1 atom stereocenters. The molecule has 0 radical (unpaired) electrons. The maximum Gasteiger partial charge on any atom is 0.328 e. The number of carbonyl (C=O) groups excluding carboxylic acids is 2. The zero-order chi connectivity index (χ0) is 18.0. The number of furan rings is 1. The van der Waals surface area contributed by atoms with Gasteiger partial charge in [-0.1, -0.05) is 18.2 Å². The Labute approximate surface area is 145 Å². The number of hydrogen-bond donors (Lipinski definition) is 2. The van der Waals surface area contributed by atoms with Gasteiger partial charge in [-0.2, -0.15) is 0 Å². The highest BCUT2D eigenvalue weighted by Crippen LogP contribution is 2.20. The fourth-order valence-corrected chi connectivity index (χ4v) is 2.95. The molecule has 2 aromatic heterocycles. The van der Waals surface area contributed by atoms with Crippen molar-refractivity contribution in [2.45, 2.75) is 26.3 Å². The average molecular weight is 340 g/mol. The number of H-pyrrole nitrogens is 1. The number of aromatic nitrogens is 1. The van der Waals surface area contributed by atoms with E-state index in [1.165, 1.54) is 7.11 Å². The molecular formula is C19H20N2O4. The van der Waals surface area contributed by atoms with Gasteiger partial charge in [0, 0.05) is 23.5 Å². The molecule has 0 aliphatic heterocycles. The topological polar surface area (TPSA) is 84.3 Å². The van der Waals surface area contributed by atoms with Crippen LogP contribution in [-0.4, -0.2) is 30.0 Å². The van der Waals surface area contributed by atoms with Gasteiger partial charge in [0.2, 0.25) is 0 Å². The highest BCUT2D eigenvalue weighted by atomic mass is 16.5. The molecule has 3 aromatic rings. The number of ether oxygens (including phenoxy) is 1. The summed E-state index contributed by atoms with van der Waals surface area (Å²) in [6.07, 6.45) is 2.18. The van der Waals surface area contributed by atoms with Crippen molar-refractivity contribution < 1.29 is 18.7 Å². The first-order valence-electron chi connectivity index (χ1n) is 8.00. The maximum absolute atomic E-state index is 12.5. The van der Waals surface area contributed by atoms with Crippen LogP contribution in [0.25, 0.3) is 10.9 Å². The van der Waals surface area contributed by atoms with Crippen molar-refractivity contribution >= 4 is 22.8 Å². The molecule has 0 fully saturated rings. The van der Waals surface area contributed by atoms with Crippen LogP contribution < -0.4 is 5.32 Å². The van der Waals surface area contributed by atoms with Crippen LogP contribution in [0.1, 0.15) is 27.4 Å². The monoisotopic (exact) mass is 340 g/mol. The highest BCUT2D eigenvalue weighted by molar-refractivity contribution is 5.98. The molecule has 1 amide bonds. The van der Waals surface area contributed by atoms with Gasteiger partial charge in [0.05, 0.1) is 12.7 Å². The van der Waals surface area contributed by atoms with E-state index in [9.17, 15) is 9.59 Å². The molecule has 0 saturated heterocycles. The second-order valence-corrected chi connectivity index (χ2v) is 5.94. The first kappa shape index (κ1) is 16.8. The minimum Gasteiger partial charge on any atom is -0.467 e. The Morgan fingerprint density at radius 1 is 1.28 bits per heavy atom. The summed E-state index contributed by atoms with van der Waals surface area (Å²) in [7, 11) is 1.31. The van der Waals surface area contributed by atoms with Crippen LogP contribution in [0.2, 0.25) is 0 Å². The van der Waals surface area contributed by atoms with Gasteiger partial charge in [0.1, 0.15) is 17.6 Å². The lowest BCUT2D eigenvalue weighted by atomic mass is 10.0. The fourth-order valence-electron chi connectivity index (χ4n) is 2.95. The zero-order valence-electron chi connectivity index (χ0n) is 14.4. The number of aromatic amines is 1. The number of para-hydroxylation sites is 1. The SMILES string of the molecule is COC(=O)C(Cc1c[nH]c2ccccc12)NC(=O)c1cc(C)oc1C. The lowest BCUT2D eigenvalue weighted by Crippen LogP contribution is -2.43. The molecule has 2 heterocycles. The van der Waals surface area contributed by atoms with E-state index in [1.54, 1.807) is 19.9 Å². The number of aryl methyl sites for hydroxylation is 2. The molecule has 130 valence electrons. The zero-order valence-corrected chi connectivity index (χ0v) is 14.4. The third kappa shape index (κ3) is 3.42. The van der Waals surface area contributed by atoms with E-state index >= 15 is 0 Å². The van der Waals surface area contributed by atoms with Crippen molar-refractivity contribution in [2.75, 3.05) is 7.11 Å². The second-order valence-electron chi connectivity index (χ2n) is 5.94. The van der Waals surface area contributed by atoms with Crippen molar-refractivity contribution in [3.8, 4) is 0 Å². The van der Waals surface area contributed by atoms with E-state index in [1.807, 2.05) is 30.5 Å². The Kier molecular flexibility index (Phi) is 4.61. The summed E-state index contributed by atoms with van der Waals surface area (Å²) in [5, 5.41) is 3.77. The van der Waals surface area contributed by atoms with Gasteiger partial charge >= 0.3 is 5.97 Å². The van der Waals surface area contributed by atoms with Crippen molar-refractivity contribution in [1.82, 2.24) is 10.3 Å². The van der Waals surface area contributed by atoms with Gasteiger partial charge < -0.3 is 19.5 Å². The van der Waals surface area contributed by atoms with Gasteiger partial charge in [-0.15, -0.1) is 0 Å². The Morgan fingerprint density at radius 2 is 2.04 bits per heavy atom. The van der Waals surface area contributed by atoms with Crippen LogP contribution in [-0.2, 0) is 16.0 Å². The molecule has 3 rings (SSSR count). The number of nitrogens with one attached hydrogen (secondary N) is 2. The summed E-state index contributed by atoms with van der Waals surface area (Å²) in [5.74, 6) is 0.320. The summed E-state index contributed by atoms with van der Waals surface area (Å²) in [4.78, 5) is 27.8. The number of carbonyl (C=O) groups is 2. The van der Waals surface area contributed by atoms with Crippen LogP contribution in [0.5, 0.6) is 0 Å². The molecule has 25 heavy (non-hydrogen) atoms. The number of methoxy groups -OCH3 is 1. The van der Waals surface area contributed by atoms with Crippen LogP contribution >= 0.6 is 0 Å². The predicted molar refractivity (Wildman–Crippen MR) is 93.5 cm³/mol. The molecule has 2 N–H and O–H groups in total. The molecular weight excluding hydrogens is 320 g/mol. The van der Waals surface area contributed by atoms with Crippen LogP contribution in [0, 0.1) is 13.8 Å². The first-order valence-corrected chi connectivity index (χ1v) is 8.00. The predicted octanol–water partition coefficient (Wildman–Crippen LogP) is 2.89. The number of amides is 1. The van der Waals surface area contributed by atoms with E-state index in [0.717, 1.165) is 16.5 Å². The van der Waals surface area contributed by atoms with Crippen LogP contribution in [0.15, 0.2) is 40.9 Å². The van der Waals surface area contributed by atoms with Crippen molar-refractivity contribution in [2.24, 2.45) is 0 Å². The van der Waals surface area contributed by atoms with Crippen LogP contribution in [0.4, 0.5) is 0 Å². The quantitative estimate of drug-likeness (QED) is 0.700. The van der Waals surface area contributed by atoms with E-state index in [0.29, 0.717) is 23.5 Å². The van der Waals surface area contributed by atoms with Crippen LogP contribution in [0.3, 0.4) is 0 Å². The minimum atomic E-state index is -0.786. The third-order valence-electron chi connectivity index (χ3n) is 4.18. The summed E-state index contributed by atoms with van der Waals surface area (Å²) in [6.45, 7) is 3.49. The summed E-state index contributed by atoms with van der Waals surface area (Å²) in [5.41, 5.74) is 2.34. The summed E-state index contributed by atoms with van der Waals surface area (Å²) < 4.78 is 10.2. The maximum atomic E-state index is 12.5. The normalized spacial score (nSPS) is 12.1. The molecule has 0 bridgehead atoms. The Bertz CT molecular complexity index is 923. The number of hydrogen-bond acceptors (Lipinski definition) is 4. The third-order valence-corrected chi connectivity index (χ3v) is 4.18. The van der Waals surface area contributed by atoms with Gasteiger partial charge in [0.25, 0.3) is 5.91 Å². The van der Waals surface area contributed by atoms with Crippen molar-refractivity contribution in [3.63, 3.8) is 0 Å². The van der Waals surface area contributed by atoms with Gasteiger partial charge in [-0.3, -0.25) is 4.79 Å². The summed E-state index contributed by atoms with van der Waals surface area (Å²) >= 11 is 0. The standard InChI is InChI=1S/C19H20N2O4/c1-11-8-15(12(2)25-11)18(22)21-17(19(23)24-3)9-13-10-20-16-7-5-4-6-14(13)16/h4-8,10,17,20H,9H2,1-3H3,(H,21,22). The largest absolute Gasteiger partial charge is 0.467 e. The van der Waals surface area contributed by atoms with E-state index in [4.69, 9.17) is 9.15 Å². The molecule has 0 spiro atoms. The fraction of sp³-hybridized carbons (Fsp3) is 0.263. The molecule has 6 nitrogen and oxygen atoms in total. The van der Waals surface area contributed by atoms with Gasteiger partial charge in [-0.05, 0) is 31.5 Å². The molecule has 0 saturated carbocycles. The van der Waals surface area contributed by atoms with E-state index in [2.05, 4.69) is 10.3 Å². The Balaban J connectivity index is 1.84. The Hall–Kier alpha value is -3.02. The van der Waals surface area contributed by atoms with Gasteiger partial charge in [0.15, 0.2) is 0 Å². The first-order chi connectivity index (χ1) is 12.0. The molecule has 1 aromatic carbocycles. The molecule has 0 aliphatic rings. The second kappa shape index (κ2) is 6.84. The van der Waals surface area contributed by atoms with Crippen molar-refractivity contribution in [3.05, 3.63) is 59.2 Å². The number of rotatable bonds is 5. The van der Waals surface area contributed by atoms with E-state index < -0.39 is 12.0 Å². The number of esters is 1. The molecule has 0 aliphatic carbocycles. The Morgan fingerprint density at radius 3 is 2.72 bits per heavy atom. The lowest BCUT2D eigenvalue weighted by Gasteiger charge is -2.16. The number of fused-ring (bicyclic) bond motifs is 1.